The second-order valence-electron chi connectivity index (χ2n) is 7.59. The summed E-state index contributed by atoms with van der Waals surface area (Å²) in [6.07, 6.45) is 4.21. The van der Waals surface area contributed by atoms with Crippen LogP contribution < -0.4 is 10.6 Å². The van der Waals surface area contributed by atoms with Gasteiger partial charge >= 0.3 is 0 Å². The number of halogens is 1. The van der Waals surface area contributed by atoms with Crippen molar-refractivity contribution in [2.75, 3.05) is 11.9 Å². The van der Waals surface area contributed by atoms with E-state index in [-0.39, 0.29) is 11.8 Å². The Labute approximate surface area is 187 Å². The first kappa shape index (κ1) is 22.7. The number of amides is 1. The Hall–Kier alpha value is -2.93. The highest BCUT2D eigenvalue weighted by atomic mass is 35.5. The number of hydrogen-bond donors (Lipinski definition) is 3. The van der Waals surface area contributed by atoms with Gasteiger partial charge in [0, 0.05) is 46.0 Å². The number of nitrogens with one attached hydrogen (secondary N) is 3. The summed E-state index contributed by atoms with van der Waals surface area (Å²) in [5.74, 6) is 0.655. The molecular formula is C23H29ClN6O. The smallest absolute Gasteiger partial charge is 0.229 e. The Balaban J connectivity index is 1.79. The zero-order chi connectivity index (χ0) is 22.4. The number of aromatic nitrogens is 3. The molecule has 1 amide bonds. The Bertz CT molecular complexity index is 1070. The molecule has 8 heteroatoms. The quantitative estimate of drug-likeness (QED) is 0.363. The van der Waals surface area contributed by atoms with Gasteiger partial charge in [-0.15, -0.1) is 0 Å². The van der Waals surface area contributed by atoms with E-state index in [0.29, 0.717) is 29.9 Å². The van der Waals surface area contributed by atoms with E-state index in [9.17, 15) is 4.79 Å². The van der Waals surface area contributed by atoms with E-state index in [1.165, 1.54) is 0 Å². The lowest BCUT2D eigenvalue weighted by Crippen LogP contribution is -2.40. The first-order valence-corrected chi connectivity index (χ1v) is 11.0. The molecule has 2 aromatic heterocycles. The zero-order valence-electron chi connectivity index (χ0n) is 18.4. The van der Waals surface area contributed by atoms with Crippen molar-refractivity contribution >= 4 is 40.3 Å². The topological polar surface area (TPSA) is 95.1 Å². The van der Waals surface area contributed by atoms with E-state index >= 15 is 0 Å². The maximum Gasteiger partial charge on any atom is 0.229 e. The highest BCUT2D eigenvalue weighted by Crippen LogP contribution is 2.22. The summed E-state index contributed by atoms with van der Waals surface area (Å²) >= 11 is 6.15. The van der Waals surface area contributed by atoms with Crippen molar-refractivity contribution in [3.05, 3.63) is 52.4 Å². The lowest BCUT2D eigenvalue weighted by atomic mass is 10.0. The number of fused-ring (bicyclic) bond motifs is 1. The molecule has 164 valence electrons. The molecule has 2 heterocycles. The third-order valence-corrected chi connectivity index (χ3v) is 5.43. The molecule has 3 aromatic rings. The third-order valence-electron chi connectivity index (χ3n) is 5.19. The number of H-pyrrole nitrogens is 1. The number of aromatic amines is 1. The van der Waals surface area contributed by atoms with Crippen LogP contribution in [0.25, 0.3) is 10.9 Å². The number of rotatable bonds is 7. The van der Waals surface area contributed by atoms with Crippen LogP contribution in [0.15, 0.2) is 35.5 Å². The second kappa shape index (κ2) is 10.4. The van der Waals surface area contributed by atoms with E-state index < -0.39 is 0 Å². The molecule has 31 heavy (non-hydrogen) atoms. The minimum absolute atomic E-state index is 0.0560. The van der Waals surface area contributed by atoms with Crippen LogP contribution in [0.2, 0.25) is 5.02 Å². The van der Waals surface area contributed by atoms with Gasteiger partial charge in [0.25, 0.3) is 0 Å². The Morgan fingerprint density at radius 2 is 1.87 bits per heavy atom. The van der Waals surface area contributed by atoms with Crippen molar-refractivity contribution in [3.63, 3.8) is 0 Å². The van der Waals surface area contributed by atoms with Gasteiger partial charge in [0.15, 0.2) is 0 Å². The number of hydrogen-bond acceptors (Lipinski definition) is 4. The molecule has 0 aliphatic heterocycles. The van der Waals surface area contributed by atoms with Crippen molar-refractivity contribution < 1.29 is 4.79 Å². The van der Waals surface area contributed by atoms with Crippen LogP contribution in [-0.4, -0.2) is 33.4 Å². The van der Waals surface area contributed by atoms with Crippen LogP contribution in [0.5, 0.6) is 0 Å². The molecule has 0 unspecified atom stereocenters. The highest BCUT2D eigenvalue weighted by Gasteiger charge is 2.17. The Morgan fingerprint density at radius 3 is 2.55 bits per heavy atom. The summed E-state index contributed by atoms with van der Waals surface area (Å²) in [6.45, 7) is 8.30. The predicted octanol–water partition coefficient (Wildman–Crippen LogP) is 4.79. The molecule has 0 saturated carbocycles. The molecule has 3 N–H and O–H groups in total. The van der Waals surface area contributed by atoms with Crippen LogP contribution in [-0.2, 0) is 11.2 Å². The molecule has 0 bridgehead atoms. The van der Waals surface area contributed by atoms with Crippen LogP contribution in [0, 0.1) is 19.8 Å². The summed E-state index contributed by atoms with van der Waals surface area (Å²) in [4.78, 5) is 29.3. The van der Waals surface area contributed by atoms with E-state index in [1.807, 2.05) is 58.2 Å². The van der Waals surface area contributed by atoms with Gasteiger partial charge in [-0.1, -0.05) is 25.4 Å². The molecule has 0 spiro atoms. The number of aryl methyl sites for hydroxylation is 2. The standard InChI is InChI=1S/C23H29ClN6O/c1-5-16(6-2)21(31)29-22(30-23-27-14(3)11-15(4)28-23)25-10-9-17-13-26-20-8-7-18(24)12-19(17)20/h7-8,11-13,16,26H,5-6,9-10H2,1-4H3,(H2,25,27,28,29,30,31). The van der Waals surface area contributed by atoms with Gasteiger partial charge in [0.2, 0.25) is 17.8 Å². The lowest BCUT2D eigenvalue weighted by molar-refractivity contribution is -0.123. The van der Waals surface area contributed by atoms with E-state index in [1.54, 1.807) is 0 Å². The number of carbonyl (C=O) groups is 1. The van der Waals surface area contributed by atoms with Gasteiger partial charge in [-0.3, -0.25) is 20.4 Å². The van der Waals surface area contributed by atoms with Crippen LogP contribution in [0.1, 0.15) is 43.6 Å². The first-order valence-electron chi connectivity index (χ1n) is 10.6. The summed E-state index contributed by atoms with van der Waals surface area (Å²) in [7, 11) is 0. The average Bonchev–Trinajstić information content (AvgIpc) is 3.10. The van der Waals surface area contributed by atoms with E-state index in [4.69, 9.17) is 11.6 Å². The maximum atomic E-state index is 12.7. The molecule has 0 aliphatic carbocycles. The fourth-order valence-corrected chi connectivity index (χ4v) is 3.69. The number of aliphatic imine (C=N–C) groups is 1. The number of guanidine groups is 1. The number of carbonyl (C=O) groups excluding carboxylic acids is 1. The molecule has 0 atom stereocenters. The lowest BCUT2D eigenvalue weighted by Gasteiger charge is -2.15. The highest BCUT2D eigenvalue weighted by molar-refractivity contribution is 6.31. The molecule has 3 rings (SSSR count). The number of benzene rings is 1. The molecule has 1 aromatic carbocycles. The molecular weight excluding hydrogens is 412 g/mol. The van der Waals surface area contributed by atoms with Gasteiger partial charge in [0.1, 0.15) is 0 Å². The predicted molar refractivity (Wildman–Crippen MR) is 127 cm³/mol. The van der Waals surface area contributed by atoms with Crippen LogP contribution in [0.4, 0.5) is 5.95 Å². The normalized spacial score (nSPS) is 11.9. The fraction of sp³-hybridized carbons (Fsp3) is 0.391. The fourth-order valence-electron chi connectivity index (χ4n) is 3.52. The molecule has 0 fully saturated rings. The molecule has 0 aliphatic rings. The zero-order valence-corrected chi connectivity index (χ0v) is 19.2. The number of nitrogens with zero attached hydrogens (tertiary/aromatic N) is 3. The largest absolute Gasteiger partial charge is 0.361 e. The van der Waals surface area contributed by atoms with Crippen molar-refractivity contribution in [2.24, 2.45) is 10.9 Å². The Kier molecular flexibility index (Phi) is 7.63. The van der Waals surface area contributed by atoms with Crippen LogP contribution in [0.3, 0.4) is 0 Å². The van der Waals surface area contributed by atoms with Crippen molar-refractivity contribution in [1.82, 2.24) is 20.3 Å². The third kappa shape index (κ3) is 6.04. The van der Waals surface area contributed by atoms with Crippen molar-refractivity contribution in [3.8, 4) is 0 Å². The first-order chi connectivity index (χ1) is 14.9. The monoisotopic (exact) mass is 440 g/mol. The van der Waals surface area contributed by atoms with Gasteiger partial charge in [-0.05, 0) is 62.9 Å². The Morgan fingerprint density at radius 1 is 1.16 bits per heavy atom. The summed E-state index contributed by atoms with van der Waals surface area (Å²) in [6, 6.07) is 7.67. The van der Waals surface area contributed by atoms with E-state index in [0.717, 1.165) is 40.7 Å². The SMILES string of the molecule is CCC(CC)C(=O)NC(=NCCc1c[nH]c2ccc(Cl)cc12)Nc1nc(C)cc(C)n1. The van der Waals surface area contributed by atoms with Gasteiger partial charge in [-0.25, -0.2) is 9.97 Å². The summed E-state index contributed by atoms with van der Waals surface area (Å²) < 4.78 is 0. The average molecular weight is 441 g/mol. The van der Waals surface area contributed by atoms with Gasteiger partial charge in [0.05, 0.1) is 0 Å². The summed E-state index contributed by atoms with van der Waals surface area (Å²) in [5, 5.41) is 7.79. The molecule has 7 nitrogen and oxygen atoms in total. The minimum atomic E-state index is -0.0667. The van der Waals surface area contributed by atoms with E-state index in [2.05, 4.69) is 30.6 Å². The minimum Gasteiger partial charge on any atom is -0.361 e. The summed E-state index contributed by atoms with van der Waals surface area (Å²) in [5.41, 5.74) is 3.84. The van der Waals surface area contributed by atoms with Crippen molar-refractivity contribution in [1.29, 1.82) is 0 Å². The molecule has 0 radical (unpaired) electrons. The van der Waals surface area contributed by atoms with Gasteiger partial charge in [-0.2, -0.15) is 0 Å². The van der Waals surface area contributed by atoms with Crippen molar-refractivity contribution in [2.45, 2.75) is 47.0 Å². The van der Waals surface area contributed by atoms with Gasteiger partial charge < -0.3 is 4.98 Å². The second-order valence-corrected chi connectivity index (χ2v) is 8.02. The number of anilines is 1. The molecule has 0 saturated heterocycles. The maximum absolute atomic E-state index is 12.7. The van der Waals surface area contributed by atoms with Crippen LogP contribution >= 0.6 is 11.6 Å².